The molecular formula is C14H19ClN2O. The first-order valence-electron chi connectivity index (χ1n) is 6.42. The summed E-state index contributed by atoms with van der Waals surface area (Å²) >= 11 is 5.94. The van der Waals surface area contributed by atoms with Crippen LogP contribution in [0.4, 0.5) is 0 Å². The minimum Gasteiger partial charge on any atom is -0.352 e. The average Bonchev–Trinajstić information content (AvgIpc) is 2.85. The molecule has 0 spiro atoms. The molecular weight excluding hydrogens is 248 g/mol. The third-order valence-electron chi connectivity index (χ3n) is 3.42. The molecule has 0 aromatic heterocycles. The van der Waals surface area contributed by atoms with Gasteiger partial charge in [-0.25, -0.2) is 0 Å². The molecule has 0 bridgehead atoms. The van der Waals surface area contributed by atoms with Crippen LogP contribution in [0, 0.1) is 12.8 Å². The van der Waals surface area contributed by atoms with Gasteiger partial charge in [0.2, 0.25) is 0 Å². The van der Waals surface area contributed by atoms with Crippen molar-refractivity contribution >= 4 is 17.5 Å². The van der Waals surface area contributed by atoms with E-state index in [4.69, 9.17) is 11.6 Å². The number of aryl methyl sites for hydroxylation is 1. The topological polar surface area (TPSA) is 41.1 Å². The van der Waals surface area contributed by atoms with Gasteiger partial charge in [0.25, 0.3) is 5.91 Å². The number of carbonyl (C=O) groups is 1. The third-order valence-corrected chi connectivity index (χ3v) is 3.84. The summed E-state index contributed by atoms with van der Waals surface area (Å²) in [6.07, 6.45) is 2.27. The normalized spacial score (nSPS) is 18.9. The molecule has 2 rings (SSSR count). The molecule has 0 saturated carbocycles. The first-order chi connectivity index (χ1) is 8.66. The van der Waals surface area contributed by atoms with Crippen LogP contribution >= 0.6 is 11.6 Å². The Kier molecular flexibility index (Phi) is 4.61. The lowest BCUT2D eigenvalue weighted by atomic mass is 10.1. The first kappa shape index (κ1) is 13.4. The maximum atomic E-state index is 11.9. The van der Waals surface area contributed by atoms with Crippen molar-refractivity contribution in [2.45, 2.75) is 19.8 Å². The number of carbonyl (C=O) groups excluding carboxylic acids is 1. The Labute approximate surface area is 113 Å². The molecule has 1 fully saturated rings. The lowest BCUT2D eigenvalue weighted by Gasteiger charge is -2.10. The van der Waals surface area contributed by atoms with Crippen LogP contribution in [0.15, 0.2) is 18.2 Å². The lowest BCUT2D eigenvalue weighted by molar-refractivity contribution is 0.0951. The number of amides is 1. The van der Waals surface area contributed by atoms with E-state index in [1.54, 1.807) is 12.1 Å². The molecule has 98 valence electrons. The van der Waals surface area contributed by atoms with Crippen molar-refractivity contribution in [1.82, 2.24) is 10.6 Å². The summed E-state index contributed by atoms with van der Waals surface area (Å²) in [6.45, 7) is 4.83. The molecule has 1 aliphatic rings. The van der Waals surface area contributed by atoms with E-state index in [2.05, 4.69) is 10.6 Å². The Hall–Kier alpha value is -1.06. The highest BCUT2D eigenvalue weighted by Crippen LogP contribution is 2.16. The van der Waals surface area contributed by atoms with Crippen LogP contribution in [0.25, 0.3) is 0 Å². The molecule has 1 aromatic rings. The molecule has 1 atom stereocenters. The summed E-state index contributed by atoms with van der Waals surface area (Å²) in [4.78, 5) is 11.9. The highest BCUT2D eigenvalue weighted by atomic mass is 35.5. The smallest absolute Gasteiger partial charge is 0.251 e. The molecule has 0 radical (unpaired) electrons. The molecule has 3 nitrogen and oxygen atoms in total. The van der Waals surface area contributed by atoms with Crippen molar-refractivity contribution in [3.8, 4) is 0 Å². The Morgan fingerprint density at radius 2 is 2.39 bits per heavy atom. The van der Waals surface area contributed by atoms with E-state index in [0.29, 0.717) is 16.5 Å². The van der Waals surface area contributed by atoms with Crippen LogP contribution in [-0.4, -0.2) is 25.5 Å². The van der Waals surface area contributed by atoms with E-state index in [0.717, 1.165) is 31.6 Å². The van der Waals surface area contributed by atoms with Gasteiger partial charge < -0.3 is 10.6 Å². The van der Waals surface area contributed by atoms with Gasteiger partial charge in [0.05, 0.1) is 0 Å². The van der Waals surface area contributed by atoms with Crippen LogP contribution in [0.5, 0.6) is 0 Å². The van der Waals surface area contributed by atoms with Gasteiger partial charge in [0.15, 0.2) is 0 Å². The summed E-state index contributed by atoms with van der Waals surface area (Å²) in [7, 11) is 0. The zero-order chi connectivity index (χ0) is 13.0. The van der Waals surface area contributed by atoms with E-state index >= 15 is 0 Å². The van der Waals surface area contributed by atoms with Gasteiger partial charge in [0, 0.05) is 17.1 Å². The molecule has 18 heavy (non-hydrogen) atoms. The standard InChI is InChI=1S/C14H19ClN2O/c1-10-8-12(2-3-13(10)15)14(18)17-7-5-11-4-6-16-9-11/h2-3,8,11,16H,4-7,9H2,1H3,(H,17,18). The maximum absolute atomic E-state index is 11.9. The highest BCUT2D eigenvalue weighted by Gasteiger charge is 2.14. The van der Waals surface area contributed by atoms with E-state index in [1.807, 2.05) is 13.0 Å². The van der Waals surface area contributed by atoms with Crippen molar-refractivity contribution in [3.05, 3.63) is 34.3 Å². The minimum atomic E-state index is -0.0132. The van der Waals surface area contributed by atoms with Crippen LogP contribution in [0.2, 0.25) is 5.02 Å². The summed E-state index contributed by atoms with van der Waals surface area (Å²) in [6, 6.07) is 5.36. The molecule has 1 unspecified atom stereocenters. The van der Waals surface area contributed by atoms with E-state index in [-0.39, 0.29) is 5.91 Å². The first-order valence-corrected chi connectivity index (χ1v) is 6.79. The highest BCUT2D eigenvalue weighted by molar-refractivity contribution is 6.31. The Balaban J connectivity index is 1.81. The maximum Gasteiger partial charge on any atom is 0.251 e. The third kappa shape index (κ3) is 3.47. The second-order valence-electron chi connectivity index (χ2n) is 4.87. The number of hydrogen-bond donors (Lipinski definition) is 2. The summed E-state index contributed by atoms with van der Waals surface area (Å²) < 4.78 is 0. The van der Waals surface area contributed by atoms with Gasteiger partial charge >= 0.3 is 0 Å². The second-order valence-corrected chi connectivity index (χ2v) is 5.27. The zero-order valence-electron chi connectivity index (χ0n) is 10.6. The van der Waals surface area contributed by atoms with E-state index in [9.17, 15) is 4.79 Å². The number of halogens is 1. The SMILES string of the molecule is Cc1cc(C(=O)NCCC2CCNC2)ccc1Cl. The summed E-state index contributed by atoms with van der Waals surface area (Å²) in [5.74, 6) is 0.693. The molecule has 1 saturated heterocycles. The fourth-order valence-corrected chi connectivity index (χ4v) is 2.36. The predicted octanol–water partition coefficient (Wildman–Crippen LogP) is 2.38. The summed E-state index contributed by atoms with van der Waals surface area (Å²) in [5.41, 5.74) is 1.62. The van der Waals surface area contributed by atoms with Gasteiger partial charge in [-0.05, 0) is 62.5 Å². The van der Waals surface area contributed by atoms with Crippen LogP contribution in [0.1, 0.15) is 28.8 Å². The van der Waals surface area contributed by atoms with Crippen molar-refractivity contribution in [2.24, 2.45) is 5.92 Å². The average molecular weight is 267 g/mol. The number of rotatable bonds is 4. The largest absolute Gasteiger partial charge is 0.352 e. The summed E-state index contributed by atoms with van der Waals surface area (Å²) in [5, 5.41) is 6.99. The quantitative estimate of drug-likeness (QED) is 0.879. The van der Waals surface area contributed by atoms with Crippen molar-refractivity contribution in [1.29, 1.82) is 0 Å². The fourth-order valence-electron chi connectivity index (χ4n) is 2.24. The van der Waals surface area contributed by atoms with Crippen molar-refractivity contribution in [3.63, 3.8) is 0 Å². The molecule has 1 aliphatic heterocycles. The van der Waals surface area contributed by atoms with Crippen LogP contribution in [0.3, 0.4) is 0 Å². The molecule has 1 aromatic carbocycles. The molecule has 2 N–H and O–H groups in total. The molecule has 4 heteroatoms. The minimum absolute atomic E-state index is 0.0132. The monoisotopic (exact) mass is 266 g/mol. The predicted molar refractivity (Wildman–Crippen MR) is 74.1 cm³/mol. The zero-order valence-corrected chi connectivity index (χ0v) is 11.4. The molecule has 1 heterocycles. The number of benzene rings is 1. The van der Waals surface area contributed by atoms with Crippen molar-refractivity contribution in [2.75, 3.05) is 19.6 Å². The van der Waals surface area contributed by atoms with E-state index < -0.39 is 0 Å². The van der Waals surface area contributed by atoms with Gasteiger partial charge in [-0.2, -0.15) is 0 Å². The van der Waals surface area contributed by atoms with Gasteiger partial charge in [-0.15, -0.1) is 0 Å². The van der Waals surface area contributed by atoms with Crippen molar-refractivity contribution < 1.29 is 4.79 Å². The van der Waals surface area contributed by atoms with Crippen LogP contribution < -0.4 is 10.6 Å². The van der Waals surface area contributed by atoms with Gasteiger partial charge in [0.1, 0.15) is 0 Å². The lowest BCUT2D eigenvalue weighted by Crippen LogP contribution is -2.26. The number of nitrogens with one attached hydrogen (secondary N) is 2. The van der Waals surface area contributed by atoms with Gasteiger partial charge in [-0.1, -0.05) is 11.6 Å². The Morgan fingerprint density at radius 3 is 3.06 bits per heavy atom. The Bertz CT molecular complexity index is 428. The molecule has 1 amide bonds. The fraction of sp³-hybridized carbons (Fsp3) is 0.500. The van der Waals surface area contributed by atoms with Crippen LogP contribution in [-0.2, 0) is 0 Å². The number of hydrogen-bond acceptors (Lipinski definition) is 2. The van der Waals surface area contributed by atoms with Gasteiger partial charge in [-0.3, -0.25) is 4.79 Å². The Morgan fingerprint density at radius 1 is 1.56 bits per heavy atom. The van der Waals surface area contributed by atoms with E-state index in [1.165, 1.54) is 6.42 Å². The second kappa shape index (κ2) is 6.21. The molecule has 0 aliphatic carbocycles.